The number of allylic oxidation sites excluding steroid dienone is 2. The van der Waals surface area contributed by atoms with E-state index in [0.29, 0.717) is 5.56 Å². The van der Waals surface area contributed by atoms with Crippen molar-refractivity contribution in [3.8, 4) is 0 Å². The zero-order valence-electron chi connectivity index (χ0n) is 11.0. The van der Waals surface area contributed by atoms with Crippen LogP contribution in [0.25, 0.3) is 0 Å². The van der Waals surface area contributed by atoms with Gasteiger partial charge in [-0.05, 0) is 39.0 Å². The van der Waals surface area contributed by atoms with Crippen molar-refractivity contribution in [1.82, 2.24) is 5.32 Å². The number of amides is 1. The van der Waals surface area contributed by atoms with Gasteiger partial charge in [0.2, 0.25) is 0 Å². The van der Waals surface area contributed by atoms with E-state index < -0.39 is 0 Å². The molecule has 94 valence electrons. The number of aryl methyl sites for hydroxylation is 1. The van der Waals surface area contributed by atoms with E-state index in [1.54, 1.807) is 18.5 Å². The summed E-state index contributed by atoms with van der Waals surface area (Å²) in [6.45, 7) is 5.69. The predicted octanol–water partition coefficient (Wildman–Crippen LogP) is 3.23. The predicted molar refractivity (Wildman–Crippen MR) is 75.7 cm³/mol. The molecule has 0 spiro atoms. The number of rotatable bonds is 4. The lowest BCUT2D eigenvalue weighted by Crippen LogP contribution is -2.21. The lowest BCUT2D eigenvalue weighted by Gasteiger charge is -2.05. The van der Waals surface area contributed by atoms with Crippen LogP contribution in [-0.4, -0.2) is 12.1 Å². The first-order valence-corrected chi connectivity index (χ1v) is 5.86. The Morgan fingerprint density at radius 3 is 2.44 bits per heavy atom. The average Bonchev–Trinajstić information content (AvgIpc) is 2.38. The van der Waals surface area contributed by atoms with Gasteiger partial charge >= 0.3 is 0 Å². The molecular formula is C15H18N2O. The van der Waals surface area contributed by atoms with Crippen molar-refractivity contribution >= 4 is 12.1 Å². The van der Waals surface area contributed by atoms with Crippen LogP contribution >= 0.6 is 0 Å². The summed E-state index contributed by atoms with van der Waals surface area (Å²) in [6, 6.07) is 7.46. The smallest absolute Gasteiger partial charge is 0.255 e. The van der Waals surface area contributed by atoms with Gasteiger partial charge in [0, 0.05) is 23.7 Å². The van der Waals surface area contributed by atoms with Crippen LogP contribution in [0.3, 0.4) is 0 Å². The summed E-state index contributed by atoms with van der Waals surface area (Å²) in [5.74, 6) is -0.117. The van der Waals surface area contributed by atoms with Crippen LogP contribution in [0.15, 0.2) is 53.3 Å². The van der Waals surface area contributed by atoms with E-state index in [-0.39, 0.29) is 5.91 Å². The largest absolute Gasteiger partial charge is 0.322 e. The van der Waals surface area contributed by atoms with E-state index in [1.807, 2.05) is 51.1 Å². The Labute approximate surface area is 108 Å². The van der Waals surface area contributed by atoms with Gasteiger partial charge in [-0.1, -0.05) is 23.8 Å². The highest BCUT2D eigenvalue weighted by molar-refractivity contribution is 5.95. The van der Waals surface area contributed by atoms with Crippen LogP contribution in [0.2, 0.25) is 0 Å². The van der Waals surface area contributed by atoms with Gasteiger partial charge in [0.1, 0.15) is 0 Å². The van der Waals surface area contributed by atoms with Crippen molar-refractivity contribution in [2.24, 2.45) is 4.99 Å². The molecule has 3 heteroatoms. The molecule has 0 unspecified atom stereocenters. The second-order valence-electron chi connectivity index (χ2n) is 3.79. The first kappa shape index (κ1) is 13.9. The molecule has 0 saturated heterocycles. The van der Waals surface area contributed by atoms with E-state index in [2.05, 4.69) is 10.3 Å². The Balaban J connectivity index is 2.71. The van der Waals surface area contributed by atoms with Crippen molar-refractivity contribution in [3.63, 3.8) is 0 Å². The van der Waals surface area contributed by atoms with Crippen LogP contribution in [0.1, 0.15) is 29.8 Å². The fourth-order valence-corrected chi connectivity index (χ4v) is 1.33. The third-order valence-corrected chi connectivity index (χ3v) is 2.37. The summed E-state index contributed by atoms with van der Waals surface area (Å²) in [7, 11) is 0. The summed E-state index contributed by atoms with van der Waals surface area (Å²) in [5.41, 5.74) is 2.51. The molecule has 3 nitrogen and oxygen atoms in total. The molecule has 1 amide bonds. The monoisotopic (exact) mass is 242 g/mol. The van der Waals surface area contributed by atoms with Gasteiger partial charge in [0.25, 0.3) is 5.91 Å². The normalized spacial score (nSPS) is 12.3. The highest BCUT2D eigenvalue weighted by atomic mass is 16.1. The Hall–Kier alpha value is -2.16. The lowest BCUT2D eigenvalue weighted by molar-refractivity contribution is 0.0967. The van der Waals surface area contributed by atoms with Gasteiger partial charge in [-0.25, -0.2) is 0 Å². The molecule has 0 aliphatic heterocycles. The van der Waals surface area contributed by atoms with Gasteiger partial charge in [-0.3, -0.25) is 9.79 Å². The average molecular weight is 242 g/mol. The molecule has 0 aromatic heterocycles. The van der Waals surface area contributed by atoms with Crippen molar-refractivity contribution in [1.29, 1.82) is 0 Å². The highest BCUT2D eigenvalue weighted by Gasteiger charge is 2.04. The summed E-state index contributed by atoms with van der Waals surface area (Å²) < 4.78 is 0. The molecule has 1 N–H and O–H groups in total. The van der Waals surface area contributed by atoms with Crippen LogP contribution < -0.4 is 5.32 Å². The standard InChI is InChI=1S/C15H18N2O/c1-4-14(10-11-16-5-2)17-15(18)13-8-6-12(3)7-9-13/h4-11H,1-3H3,(H,17,18)/b11-10-,14-4+,16-5?. The number of hydrogen-bond donors (Lipinski definition) is 1. The molecule has 0 fully saturated rings. The Kier molecular flexibility index (Phi) is 5.58. The second kappa shape index (κ2) is 7.22. The van der Waals surface area contributed by atoms with Crippen molar-refractivity contribution < 1.29 is 4.79 Å². The first-order chi connectivity index (χ1) is 8.67. The number of carbonyl (C=O) groups excluding carboxylic acids is 1. The number of benzene rings is 1. The molecule has 18 heavy (non-hydrogen) atoms. The number of aliphatic imine (C=N–C) groups is 1. The topological polar surface area (TPSA) is 41.5 Å². The van der Waals surface area contributed by atoms with Crippen molar-refractivity contribution in [2.45, 2.75) is 20.8 Å². The Morgan fingerprint density at radius 2 is 1.89 bits per heavy atom. The van der Waals surface area contributed by atoms with Gasteiger partial charge in [-0.2, -0.15) is 0 Å². The molecule has 0 atom stereocenters. The molecule has 0 bridgehead atoms. The maximum absolute atomic E-state index is 11.9. The molecule has 0 radical (unpaired) electrons. The van der Waals surface area contributed by atoms with E-state index >= 15 is 0 Å². The fraction of sp³-hybridized carbons (Fsp3) is 0.200. The zero-order valence-corrected chi connectivity index (χ0v) is 11.0. The molecule has 0 aliphatic carbocycles. The van der Waals surface area contributed by atoms with Gasteiger partial charge in [0.15, 0.2) is 0 Å². The van der Waals surface area contributed by atoms with E-state index in [9.17, 15) is 4.79 Å². The van der Waals surface area contributed by atoms with Gasteiger partial charge < -0.3 is 5.32 Å². The molecule has 1 aromatic rings. The van der Waals surface area contributed by atoms with Crippen LogP contribution in [0.5, 0.6) is 0 Å². The maximum atomic E-state index is 11.9. The minimum Gasteiger partial charge on any atom is -0.322 e. The Bertz CT molecular complexity index is 482. The highest BCUT2D eigenvalue weighted by Crippen LogP contribution is 2.04. The molecule has 0 heterocycles. The number of nitrogens with one attached hydrogen (secondary N) is 1. The quantitative estimate of drug-likeness (QED) is 0.639. The van der Waals surface area contributed by atoms with E-state index in [0.717, 1.165) is 11.3 Å². The molecule has 0 saturated carbocycles. The molecule has 0 aliphatic rings. The summed E-state index contributed by atoms with van der Waals surface area (Å²) >= 11 is 0. The van der Waals surface area contributed by atoms with Gasteiger partial charge in [0.05, 0.1) is 0 Å². The number of hydrogen-bond acceptors (Lipinski definition) is 2. The van der Waals surface area contributed by atoms with Gasteiger partial charge in [-0.15, -0.1) is 0 Å². The zero-order chi connectivity index (χ0) is 13.4. The molecule has 1 aromatic carbocycles. The number of carbonyl (C=O) groups is 1. The van der Waals surface area contributed by atoms with Crippen molar-refractivity contribution in [2.75, 3.05) is 0 Å². The van der Waals surface area contributed by atoms with E-state index in [4.69, 9.17) is 0 Å². The maximum Gasteiger partial charge on any atom is 0.255 e. The van der Waals surface area contributed by atoms with Crippen LogP contribution in [0.4, 0.5) is 0 Å². The fourth-order valence-electron chi connectivity index (χ4n) is 1.33. The molecule has 1 rings (SSSR count). The summed E-state index contributed by atoms with van der Waals surface area (Å²) in [5, 5.41) is 2.82. The lowest BCUT2D eigenvalue weighted by atomic mass is 10.1. The molecular weight excluding hydrogens is 224 g/mol. The minimum absolute atomic E-state index is 0.117. The van der Waals surface area contributed by atoms with Crippen molar-refractivity contribution in [3.05, 3.63) is 59.4 Å². The minimum atomic E-state index is -0.117. The summed E-state index contributed by atoms with van der Waals surface area (Å²) in [4.78, 5) is 15.9. The Morgan fingerprint density at radius 1 is 1.22 bits per heavy atom. The third-order valence-electron chi connectivity index (χ3n) is 2.37. The second-order valence-corrected chi connectivity index (χ2v) is 3.79. The van der Waals surface area contributed by atoms with E-state index in [1.165, 1.54) is 0 Å². The third kappa shape index (κ3) is 4.37. The first-order valence-electron chi connectivity index (χ1n) is 5.86. The van der Waals surface area contributed by atoms with Crippen LogP contribution in [-0.2, 0) is 0 Å². The SMILES string of the molecule is CC=N/C=C\C(=C/C)NC(=O)c1ccc(C)cc1. The summed E-state index contributed by atoms with van der Waals surface area (Å²) in [6.07, 6.45) is 6.91. The van der Waals surface area contributed by atoms with Crippen LogP contribution in [0, 0.1) is 6.92 Å². The number of nitrogens with zero attached hydrogens (tertiary/aromatic N) is 1.